The molecule has 1 amide bonds. The summed E-state index contributed by atoms with van der Waals surface area (Å²) in [6.07, 6.45) is 1.84. The van der Waals surface area contributed by atoms with Crippen molar-refractivity contribution in [2.24, 2.45) is 5.92 Å². The molecule has 19 heavy (non-hydrogen) atoms. The van der Waals surface area contributed by atoms with E-state index in [0.29, 0.717) is 23.1 Å². The average Bonchev–Trinajstić information content (AvgIpc) is 2.33. The number of amides is 1. The summed E-state index contributed by atoms with van der Waals surface area (Å²) in [6, 6.07) is 3.45. The summed E-state index contributed by atoms with van der Waals surface area (Å²) in [7, 11) is 0. The zero-order valence-corrected chi connectivity index (χ0v) is 13.8. The molecule has 3 nitrogen and oxygen atoms in total. The van der Waals surface area contributed by atoms with Crippen LogP contribution < -0.4 is 10.1 Å². The minimum Gasteiger partial charge on any atom is -0.491 e. The van der Waals surface area contributed by atoms with Gasteiger partial charge in [-0.15, -0.1) is 0 Å². The number of hydrogen-bond donors (Lipinski definition) is 1. The molecule has 1 N–H and O–H groups in total. The van der Waals surface area contributed by atoms with Gasteiger partial charge in [0.1, 0.15) is 0 Å². The quantitative estimate of drug-likeness (QED) is 0.796. The van der Waals surface area contributed by atoms with Crippen molar-refractivity contribution in [1.29, 1.82) is 0 Å². The van der Waals surface area contributed by atoms with E-state index >= 15 is 0 Å². The predicted molar refractivity (Wildman–Crippen MR) is 83.0 cm³/mol. The van der Waals surface area contributed by atoms with Crippen molar-refractivity contribution in [3.05, 3.63) is 21.6 Å². The molecule has 5 heteroatoms. The number of carbonyl (C=O) groups excluding carboxylic acids is 1. The highest BCUT2D eigenvalue weighted by Gasteiger charge is 2.16. The van der Waals surface area contributed by atoms with Gasteiger partial charge in [0, 0.05) is 10.9 Å². The Hall–Kier alpha value is -0.740. The summed E-state index contributed by atoms with van der Waals surface area (Å²) >= 11 is 9.41. The van der Waals surface area contributed by atoms with Crippen molar-refractivity contribution in [3.8, 4) is 5.75 Å². The first-order chi connectivity index (χ1) is 8.99. The number of halogens is 2. The lowest BCUT2D eigenvalue weighted by molar-refractivity contribution is -0.119. The predicted octanol–water partition coefficient (Wildman–Crippen LogP) is 4.88. The van der Waals surface area contributed by atoms with Gasteiger partial charge in [-0.2, -0.15) is 0 Å². The largest absolute Gasteiger partial charge is 0.491 e. The fraction of sp³-hybridized carbons (Fsp3) is 0.500. The fourth-order valence-corrected chi connectivity index (χ4v) is 2.69. The van der Waals surface area contributed by atoms with Crippen LogP contribution in [0.3, 0.4) is 0 Å². The molecular weight excluding hydrogens is 330 g/mol. The van der Waals surface area contributed by atoms with Crippen LogP contribution in [0, 0.1) is 5.92 Å². The number of ether oxygens (including phenoxy) is 1. The zero-order valence-electron chi connectivity index (χ0n) is 11.4. The molecule has 1 atom stereocenters. The van der Waals surface area contributed by atoms with Crippen molar-refractivity contribution < 1.29 is 9.53 Å². The number of rotatable bonds is 6. The molecule has 0 spiro atoms. The molecule has 1 aromatic carbocycles. The topological polar surface area (TPSA) is 38.3 Å². The Bertz CT molecular complexity index is 451. The van der Waals surface area contributed by atoms with E-state index in [0.717, 1.165) is 17.3 Å². The molecule has 0 saturated heterocycles. The summed E-state index contributed by atoms with van der Waals surface area (Å²) in [5, 5.41) is 3.43. The maximum Gasteiger partial charge on any atom is 0.227 e. The average molecular weight is 349 g/mol. The van der Waals surface area contributed by atoms with Gasteiger partial charge >= 0.3 is 0 Å². The van der Waals surface area contributed by atoms with Gasteiger partial charge in [-0.3, -0.25) is 4.79 Å². The van der Waals surface area contributed by atoms with Crippen LogP contribution >= 0.6 is 27.5 Å². The first-order valence-corrected chi connectivity index (χ1v) is 7.59. The number of carbonyl (C=O) groups is 1. The Balaban J connectivity index is 2.95. The third-order valence-electron chi connectivity index (χ3n) is 2.72. The Morgan fingerprint density at radius 2 is 2.16 bits per heavy atom. The molecule has 0 heterocycles. The van der Waals surface area contributed by atoms with Crippen LogP contribution in [0.15, 0.2) is 16.6 Å². The van der Waals surface area contributed by atoms with Gasteiger partial charge in [0.2, 0.25) is 5.91 Å². The van der Waals surface area contributed by atoms with Gasteiger partial charge in [-0.1, -0.05) is 31.9 Å². The lowest BCUT2D eigenvalue weighted by atomic mass is 10.1. The summed E-state index contributed by atoms with van der Waals surface area (Å²) in [5.74, 6) is 0.568. The first-order valence-electron chi connectivity index (χ1n) is 6.42. The second-order valence-electron chi connectivity index (χ2n) is 4.38. The molecule has 0 bridgehead atoms. The Morgan fingerprint density at radius 3 is 2.74 bits per heavy atom. The van der Waals surface area contributed by atoms with Crippen LogP contribution in [0.4, 0.5) is 5.69 Å². The highest BCUT2D eigenvalue weighted by atomic mass is 79.9. The standard InChI is InChI=1S/C14H19BrClNO2/c1-4-6-9(3)14(18)17-12-8-10(16)7-11(15)13(12)19-5-2/h7-9H,4-6H2,1-3H3,(H,17,18). The molecule has 1 aromatic rings. The molecule has 0 radical (unpaired) electrons. The van der Waals surface area contributed by atoms with Crippen molar-refractivity contribution in [2.45, 2.75) is 33.6 Å². The maximum atomic E-state index is 12.1. The molecular formula is C14H19BrClNO2. The molecule has 1 unspecified atom stereocenters. The van der Waals surface area contributed by atoms with E-state index < -0.39 is 0 Å². The fourth-order valence-electron chi connectivity index (χ4n) is 1.76. The minimum absolute atomic E-state index is 0.0167. The molecule has 0 fully saturated rings. The van der Waals surface area contributed by atoms with Crippen LogP contribution in [0.5, 0.6) is 5.75 Å². The third-order valence-corrected chi connectivity index (χ3v) is 3.53. The molecule has 0 aliphatic heterocycles. The first kappa shape index (κ1) is 16.3. The summed E-state index contributed by atoms with van der Waals surface area (Å²) in [4.78, 5) is 12.1. The van der Waals surface area contributed by atoms with Crippen LogP contribution in [-0.4, -0.2) is 12.5 Å². The van der Waals surface area contributed by atoms with Gasteiger partial charge in [-0.25, -0.2) is 0 Å². The lowest BCUT2D eigenvalue weighted by Crippen LogP contribution is -2.20. The monoisotopic (exact) mass is 347 g/mol. The van der Waals surface area contributed by atoms with E-state index in [1.807, 2.05) is 13.8 Å². The van der Waals surface area contributed by atoms with Crippen LogP contribution in [-0.2, 0) is 4.79 Å². The van der Waals surface area contributed by atoms with E-state index in [1.54, 1.807) is 12.1 Å². The second-order valence-corrected chi connectivity index (χ2v) is 5.67. The van der Waals surface area contributed by atoms with Crippen LogP contribution in [0.2, 0.25) is 5.02 Å². The summed E-state index contributed by atoms with van der Waals surface area (Å²) in [6.45, 7) is 6.39. The lowest BCUT2D eigenvalue weighted by Gasteiger charge is -2.16. The third kappa shape index (κ3) is 4.69. The number of anilines is 1. The smallest absolute Gasteiger partial charge is 0.227 e. The molecule has 0 aromatic heterocycles. The molecule has 106 valence electrons. The highest BCUT2D eigenvalue weighted by molar-refractivity contribution is 9.10. The van der Waals surface area contributed by atoms with E-state index in [4.69, 9.17) is 16.3 Å². The Morgan fingerprint density at radius 1 is 1.47 bits per heavy atom. The van der Waals surface area contributed by atoms with Crippen LogP contribution in [0.1, 0.15) is 33.6 Å². The Labute approximate surface area is 127 Å². The van der Waals surface area contributed by atoms with Crippen molar-refractivity contribution >= 4 is 39.1 Å². The van der Waals surface area contributed by atoms with Crippen molar-refractivity contribution in [2.75, 3.05) is 11.9 Å². The molecule has 0 saturated carbocycles. The van der Waals surface area contributed by atoms with Gasteiger partial charge in [0.15, 0.2) is 5.75 Å². The normalized spacial score (nSPS) is 12.1. The van der Waals surface area contributed by atoms with Gasteiger partial charge in [0.25, 0.3) is 0 Å². The summed E-state index contributed by atoms with van der Waals surface area (Å²) in [5.41, 5.74) is 0.606. The highest BCUT2D eigenvalue weighted by Crippen LogP contribution is 2.36. The number of benzene rings is 1. The van der Waals surface area contributed by atoms with Crippen molar-refractivity contribution in [3.63, 3.8) is 0 Å². The van der Waals surface area contributed by atoms with E-state index in [2.05, 4.69) is 28.2 Å². The Kier molecular flexibility index (Phi) is 6.66. The second kappa shape index (κ2) is 7.75. The van der Waals surface area contributed by atoms with Crippen molar-refractivity contribution in [1.82, 2.24) is 0 Å². The summed E-state index contributed by atoms with van der Waals surface area (Å²) < 4.78 is 6.28. The van der Waals surface area contributed by atoms with Gasteiger partial charge in [0.05, 0.1) is 16.8 Å². The van der Waals surface area contributed by atoms with E-state index in [9.17, 15) is 4.79 Å². The number of hydrogen-bond acceptors (Lipinski definition) is 2. The molecule has 0 aliphatic carbocycles. The SMILES string of the molecule is CCCC(C)C(=O)Nc1cc(Cl)cc(Br)c1OCC. The minimum atomic E-state index is -0.0303. The van der Waals surface area contributed by atoms with E-state index in [-0.39, 0.29) is 11.8 Å². The molecule has 1 rings (SSSR count). The van der Waals surface area contributed by atoms with Gasteiger partial charge in [-0.05, 0) is 41.4 Å². The molecule has 0 aliphatic rings. The maximum absolute atomic E-state index is 12.1. The van der Waals surface area contributed by atoms with Crippen LogP contribution in [0.25, 0.3) is 0 Å². The van der Waals surface area contributed by atoms with E-state index in [1.165, 1.54) is 0 Å². The number of nitrogens with one attached hydrogen (secondary N) is 1. The zero-order chi connectivity index (χ0) is 14.4. The van der Waals surface area contributed by atoms with Gasteiger partial charge < -0.3 is 10.1 Å².